The highest BCUT2D eigenvalue weighted by molar-refractivity contribution is 6.07. The SMILES string of the molecule is Cc1nccc2c1ccc1ccc(F)cc12. The molecule has 1 heterocycles. The van der Waals surface area contributed by atoms with Crippen molar-refractivity contribution in [2.24, 2.45) is 0 Å². The lowest BCUT2D eigenvalue weighted by atomic mass is 10.0. The highest BCUT2D eigenvalue weighted by Gasteiger charge is 2.03. The molecule has 0 aliphatic rings. The van der Waals surface area contributed by atoms with Crippen LogP contribution in [0.5, 0.6) is 0 Å². The number of aryl methyl sites for hydroxylation is 1. The number of fused-ring (bicyclic) bond motifs is 3. The van der Waals surface area contributed by atoms with Gasteiger partial charge < -0.3 is 0 Å². The third-order valence-electron chi connectivity index (χ3n) is 2.92. The molecule has 0 spiro atoms. The summed E-state index contributed by atoms with van der Waals surface area (Å²) in [7, 11) is 0. The van der Waals surface area contributed by atoms with Gasteiger partial charge in [0.15, 0.2) is 0 Å². The molecule has 16 heavy (non-hydrogen) atoms. The van der Waals surface area contributed by atoms with Gasteiger partial charge in [-0.25, -0.2) is 4.39 Å². The van der Waals surface area contributed by atoms with Crippen molar-refractivity contribution in [1.82, 2.24) is 4.98 Å². The van der Waals surface area contributed by atoms with Crippen LogP contribution in [-0.2, 0) is 0 Å². The van der Waals surface area contributed by atoms with E-state index in [0.29, 0.717) is 0 Å². The first kappa shape index (κ1) is 9.28. The molecule has 78 valence electrons. The van der Waals surface area contributed by atoms with E-state index in [1.807, 2.05) is 25.1 Å². The van der Waals surface area contributed by atoms with Crippen LogP contribution in [0, 0.1) is 12.7 Å². The molecule has 1 aromatic heterocycles. The Balaban J connectivity index is 2.58. The third kappa shape index (κ3) is 1.27. The van der Waals surface area contributed by atoms with Crippen LogP contribution in [0.25, 0.3) is 21.5 Å². The Labute approximate surface area is 92.5 Å². The molecule has 3 rings (SSSR count). The van der Waals surface area contributed by atoms with E-state index >= 15 is 0 Å². The molecule has 0 aliphatic carbocycles. The van der Waals surface area contributed by atoms with Gasteiger partial charge in [-0.1, -0.05) is 18.2 Å². The van der Waals surface area contributed by atoms with Crippen LogP contribution < -0.4 is 0 Å². The van der Waals surface area contributed by atoms with Crippen LogP contribution in [0.3, 0.4) is 0 Å². The summed E-state index contributed by atoms with van der Waals surface area (Å²) >= 11 is 0. The van der Waals surface area contributed by atoms with Crippen LogP contribution >= 0.6 is 0 Å². The number of aromatic nitrogens is 1. The van der Waals surface area contributed by atoms with E-state index in [1.165, 1.54) is 6.07 Å². The summed E-state index contributed by atoms with van der Waals surface area (Å²) < 4.78 is 13.2. The maximum Gasteiger partial charge on any atom is 0.123 e. The summed E-state index contributed by atoms with van der Waals surface area (Å²) in [6.45, 7) is 1.97. The number of rotatable bonds is 0. The lowest BCUT2D eigenvalue weighted by molar-refractivity contribution is 0.630. The fourth-order valence-corrected chi connectivity index (χ4v) is 2.10. The highest BCUT2D eigenvalue weighted by atomic mass is 19.1. The smallest absolute Gasteiger partial charge is 0.123 e. The average molecular weight is 211 g/mol. The van der Waals surface area contributed by atoms with Gasteiger partial charge >= 0.3 is 0 Å². The summed E-state index contributed by atoms with van der Waals surface area (Å²) in [6.07, 6.45) is 1.77. The molecule has 0 saturated heterocycles. The van der Waals surface area contributed by atoms with Crippen LogP contribution in [0.1, 0.15) is 5.69 Å². The van der Waals surface area contributed by atoms with Crippen LogP contribution in [0.4, 0.5) is 4.39 Å². The number of benzene rings is 2. The van der Waals surface area contributed by atoms with Crippen molar-refractivity contribution in [2.45, 2.75) is 6.92 Å². The minimum Gasteiger partial charge on any atom is -0.261 e. The summed E-state index contributed by atoms with van der Waals surface area (Å²) in [5.41, 5.74) is 0.976. The van der Waals surface area contributed by atoms with Crippen LogP contribution in [0.2, 0.25) is 0 Å². The lowest BCUT2D eigenvalue weighted by Gasteiger charge is -2.05. The van der Waals surface area contributed by atoms with Crippen molar-refractivity contribution in [1.29, 1.82) is 0 Å². The molecule has 0 unspecified atom stereocenters. The quantitative estimate of drug-likeness (QED) is 0.515. The third-order valence-corrected chi connectivity index (χ3v) is 2.92. The van der Waals surface area contributed by atoms with Crippen molar-refractivity contribution in [3.63, 3.8) is 0 Å². The molecule has 0 fully saturated rings. The maximum atomic E-state index is 13.2. The molecule has 0 saturated carbocycles. The second-order valence-corrected chi connectivity index (χ2v) is 3.92. The fraction of sp³-hybridized carbons (Fsp3) is 0.0714. The first-order valence-electron chi connectivity index (χ1n) is 5.19. The van der Waals surface area contributed by atoms with E-state index < -0.39 is 0 Å². The minimum atomic E-state index is -0.200. The molecule has 0 amide bonds. The lowest BCUT2D eigenvalue weighted by Crippen LogP contribution is -1.85. The van der Waals surface area contributed by atoms with Crippen molar-refractivity contribution < 1.29 is 4.39 Å². The Morgan fingerprint density at radius 3 is 2.62 bits per heavy atom. The monoisotopic (exact) mass is 211 g/mol. The Hall–Kier alpha value is -1.96. The molecule has 1 nitrogen and oxygen atoms in total. The standard InChI is InChI=1S/C14H10FN/c1-9-12-5-3-10-2-4-11(15)8-14(10)13(12)6-7-16-9/h2-8H,1H3. The summed E-state index contributed by atoms with van der Waals surface area (Å²) in [5.74, 6) is -0.200. The zero-order valence-corrected chi connectivity index (χ0v) is 8.87. The zero-order valence-electron chi connectivity index (χ0n) is 8.87. The van der Waals surface area contributed by atoms with Crippen molar-refractivity contribution in [3.05, 3.63) is 54.1 Å². The van der Waals surface area contributed by atoms with Crippen LogP contribution in [0.15, 0.2) is 42.6 Å². The van der Waals surface area contributed by atoms with Gasteiger partial charge in [0.1, 0.15) is 5.82 Å². The van der Waals surface area contributed by atoms with E-state index in [2.05, 4.69) is 4.98 Å². The number of nitrogens with zero attached hydrogens (tertiary/aromatic N) is 1. The Morgan fingerprint density at radius 1 is 0.938 bits per heavy atom. The predicted octanol–water partition coefficient (Wildman–Crippen LogP) is 3.84. The van der Waals surface area contributed by atoms with Gasteiger partial charge in [-0.2, -0.15) is 0 Å². The van der Waals surface area contributed by atoms with Crippen molar-refractivity contribution >= 4 is 21.5 Å². The predicted molar refractivity (Wildman–Crippen MR) is 63.9 cm³/mol. The number of halogens is 1. The Bertz CT molecular complexity index is 689. The van der Waals surface area contributed by atoms with Crippen molar-refractivity contribution in [3.8, 4) is 0 Å². The topological polar surface area (TPSA) is 12.9 Å². The molecule has 0 atom stereocenters. The van der Waals surface area contributed by atoms with Gasteiger partial charge in [-0.3, -0.25) is 4.98 Å². The number of hydrogen-bond donors (Lipinski definition) is 0. The molecular formula is C14H10FN. The second-order valence-electron chi connectivity index (χ2n) is 3.92. The normalized spacial score (nSPS) is 11.1. The molecule has 0 N–H and O–H groups in total. The summed E-state index contributed by atoms with van der Waals surface area (Å²) in [5, 5.41) is 4.15. The first-order valence-corrected chi connectivity index (χ1v) is 5.19. The second kappa shape index (κ2) is 3.27. The number of pyridine rings is 1. The maximum absolute atomic E-state index is 13.2. The van der Waals surface area contributed by atoms with Gasteiger partial charge in [0.25, 0.3) is 0 Å². The first-order chi connectivity index (χ1) is 7.75. The molecule has 0 radical (unpaired) electrons. The van der Waals surface area contributed by atoms with E-state index in [4.69, 9.17) is 0 Å². The summed E-state index contributed by atoms with van der Waals surface area (Å²) in [6, 6.07) is 10.9. The number of hydrogen-bond acceptors (Lipinski definition) is 1. The zero-order chi connectivity index (χ0) is 11.1. The van der Waals surface area contributed by atoms with Gasteiger partial charge in [0.05, 0.1) is 0 Å². The van der Waals surface area contributed by atoms with E-state index in [-0.39, 0.29) is 5.82 Å². The molecule has 3 aromatic rings. The minimum absolute atomic E-state index is 0.200. The van der Waals surface area contributed by atoms with Crippen molar-refractivity contribution in [2.75, 3.05) is 0 Å². The van der Waals surface area contributed by atoms with Gasteiger partial charge in [0, 0.05) is 17.3 Å². The Morgan fingerprint density at radius 2 is 1.75 bits per heavy atom. The van der Waals surface area contributed by atoms with Gasteiger partial charge in [-0.05, 0) is 41.3 Å². The molecular weight excluding hydrogens is 201 g/mol. The highest BCUT2D eigenvalue weighted by Crippen LogP contribution is 2.26. The van der Waals surface area contributed by atoms with Gasteiger partial charge in [-0.15, -0.1) is 0 Å². The molecule has 2 heteroatoms. The largest absolute Gasteiger partial charge is 0.261 e. The summed E-state index contributed by atoms with van der Waals surface area (Å²) in [4.78, 5) is 4.24. The van der Waals surface area contributed by atoms with E-state index in [1.54, 1.807) is 18.3 Å². The van der Waals surface area contributed by atoms with E-state index in [9.17, 15) is 4.39 Å². The van der Waals surface area contributed by atoms with E-state index in [0.717, 1.165) is 27.2 Å². The van der Waals surface area contributed by atoms with Crippen LogP contribution in [-0.4, -0.2) is 4.98 Å². The Kier molecular flexibility index (Phi) is 1.90. The van der Waals surface area contributed by atoms with Gasteiger partial charge in [0.2, 0.25) is 0 Å². The molecule has 2 aromatic carbocycles. The molecule has 0 bridgehead atoms. The average Bonchev–Trinajstić information content (AvgIpc) is 2.29. The fourth-order valence-electron chi connectivity index (χ4n) is 2.10. The molecule has 0 aliphatic heterocycles.